The lowest BCUT2D eigenvalue weighted by Crippen LogP contribution is -2.28. The molecule has 1 atom stereocenters. The number of hydrogen-bond donors (Lipinski definition) is 2. The number of primary sulfonamides is 1. The van der Waals surface area contributed by atoms with Gasteiger partial charge in [-0.05, 0) is 24.1 Å². The van der Waals surface area contributed by atoms with Gasteiger partial charge in [0.15, 0.2) is 0 Å². The van der Waals surface area contributed by atoms with Crippen LogP contribution in [-0.4, -0.2) is 25.4 Å². The fourth-order valence-electron chi connectivity index (χ4n) is 1.26. The van der Waals surface area contributed by atoms with Crippen LogP contribution >= 0.6 is 0 Å². The fourth-order valence-corrected chi connectivity index (χ4v) is 1.92. The Balaban J connectivity index is 2.63. The Bertz CT molecular complexity index is 433. The molecular formula is C9H12FNO3S. The predicted molar refractivity (Wildman–Crippen MR) is 54.1 cm³/mol. The Morgan fingerprint density at radius 2 is 2.13 bits per heavy atom. The van der Waals surface area contributed by atoms with Gasteiger partial charge in [-0.2, -0.15) is 0 Å². The summed E-state index contributed by atoms with van der Waals surface area (Å²) in [6.07, 6.45) is -1.05. The third-order valence-corrected chi connectivity index (χ3v) is 2.63. The molecule has 0 saturated carbocycles. The highest BCUT2D eigenvalue weighted by Crippen LogP contribution is 2.07. The summed E-state index contributed by atoms with van der Waals surface area (Å²) < 4.78 is 34.0. The van der Waals surface area contributed by atoms with Crippen LogP contribution in [0.5, 0.6) is 0 Å². The van der Waals surface area contributed by atoms with E-state index in [0.717, 1.165) is 0 Å². The Hall–Kier alpha value is -0.980. The molecule has 0 aliphatic heterocycles. The van der Waals surface area contributed by atoms with Crippen molar-refractivity contribution in [2.24, 2.45) is 5.14 Å². The topological polar surface area (TPSA) is 80.4 Å². The van der Waals surface area contributed by atoms with E-state index in [2.05, 4.69) is 0 Å². The third kappa shape index (κ3) is 4.87. The van der Waals surface area contributed by atoms with Crippen molar-refractivity contribution in [3.8, 4) is 0 Å². The lowest BCUT2D eigenvalue weighted by Gasteiger charge is -2.08. The first-order chi connectivity index (χ1) is 6.87. The van der Waals surface area contributed by atoms with Crippen LogP contribution in [0.1, 0.15) is 5.56 Å². The fraction of sp³-hybridized carbons (Fsp3) is 0.333. The average molecular weight is 233 g/mol. The number of halogens is 1. The van der Waals surface area contributed by atoms with Gasteiger partial charge in [0.2, 0.25) is 10.0 Å². The van der Waals surface area contributed by atoms with E-state index in [0.29, 0.717) is 5.56 Å². The molecule has 4 nitrogen and oxygen atoms in total. The minimum atomic E-state index is -3.70. The van der Waals surface area contributed by atoms with Crippen LogP contribution in [0, 0.1) is 5.82 Å². The number of hydrogen-bond acceptors (Lipinski definition) is 3. The lowest BCUT2D eigenvalue weighted by atomic mass is 10.1. The standard InChI is InChI=1S/C9H12FNO3S/c10-8-3-1-2-7(4-8)5-9(12)6-15(11,13)14/h1-4,9,12H,5-6H2,(H2,11,13,14). The van der Waals surface area contributed by atoms with Crippen molar-refractivity contribution in [2.45, 2.75) is 12.5 Å². The van der Waals surface area contributed by atoms with Gasteiger partial charge in [-0.3, -0.25) is 0 Å². The molecule has 84 valence electrons. The largest absolute Gasteiger partial charge is 0.392 e. The van der Waals surface area contributed by atoms with Gasteiger partial charge in [-0.1, -0.05) is 12.1 Å². The second kappa shape index (κ2) is 4.69. The van der Waals surface area contributed by atoms with Gasteiger partial charge in [0, 0.05) is 0 Å². The third-order valence-electron chi connectivity index (χ3n) is 1.79. The van der Waals surface area contributed by atoms with Crippen LogP contribution in [0.3, 0.4) is 0 Å². The summed E-state index contributed by atoms with van der Waals surface area (Å²) in [5, 5.41) is 14.1. The zero-order valence-corrected chi connectivity index (χ0v) is 8.74. The van der Waals surface area contributed by atoms with E-state index in [-0.39, 0.29) is 6.42 Å². The second-order valence-electron chi connectivity index (χ2n) is 3.32. The quantitative estimate of drug-likeness (QED) is 0.769. The Morgan fingerprint density at radius 3 is 2.67 bits per heavy atom. The van der Waals surface area contributed by atoms with Crippen LogP contribution in [-0.2, 0) is 16.4 Å². The monoisotopic (exact) mass is 233 g/mol. The van der Waals surface area contributed by atoms with Gasteiger partial charge < -0.3 is 5.11 Å². The number of aliphatic hydroxyl groups is 1. The Kier molecular flexibility index (Phi) is 3.78. The van der Waals surface area contributed by atoms with Crippen molar-refractivity contribution in [3.63, 3.8) is 0 Å². The number of nitrogens with two attached hydrogens (primary N) is 1. The molecule has 15 heavy (non-hydrogen) atoms. The molecule has 1 unspecified atom stereocenters. The van der Waals surface area contributed by atoms with E-state index in [9.17, 15) is 17.9 Å². The molecule has 3 N–H and O–H groups in total. The van der Waals surface area contributed by atoms with E-state index in [4.69, 9.17) is 5.14 Å². The zero-order valence-electron chi connectivity index (χ0n) is 7.93. The molecule has 0 heterocycles. The van der Waals surface area contributed by atoms with E-state index in [1.165, 1.54) is 18.2 Å². The van der Waals surface area contributed by atoms with Gasteiger partial charge in [0.05, 0.1) is 11.9 Å². The van der Waals surface area contributed by atoms with Crippen LogP contribution < -0.4 is 5.14 Å². The average Bonchev–Trinajstić information content (AvgIpc) is 1.99. The lowest BCUT2D eigenvalue weighted by molar-refractivity contribution is 0.197. The summed E-state index contributed by atoms with van der Waals surface area (Å²) in [6, 6.07) is 5.62. The minimum absolute atomic E-state index is 0.0637. The van der Waals surface area contributed by atoms with Crippen molar-refractivity contribution in [2.75, 3.05) is 5.75 Å². The number of aliphatic hydroxyl groups excluding tert-OH is 1. The second-order valence-corrected chi connectivity index (χ2v) is 4.98. The summed E-state index contributed by atoms with van der Waals surface area (Å²) in [4.78, 5) is 0. The molecular weight excluding hydrogens is 221 g/mol. The van der Waals surface area contributed by atoms with Crippen LogP contribution in [0.15, 0.2) is 24.3 Å². The van der Waals surface area contributed by atoms with E-state index >= 15 is 0 Å². The number of benzene rings is 1. The molecule has 0 fully saturated rings. The summed E-state index contributed by atoms with van der Waals surface area (Å²) in [5.41, 5.74) is 0.533. The first-order valence-electron chi connectivity index (χ1n) is 4.30. The van der Waals surface area contributed by atoms with Crippen molar-refractivity contribution in [3.05, 3.63) is 35.6 Å². The number of sulfonamides is 1. The summed E-state index contributed by atoms with van der Waals surface area (Å²) in [6.45, 7) is 0. The molecule has 1 aromatic carbocycles. The van der Waals surface area contributed by atoms with Crippen molar-refractivity contribution in [1.82, 2.24) is 0 Å². The molecule has 0 aromatic heterocycles. The van der Waals surface area contributed by atoms with Crippen LogP contribution in [0.4, 0.5) is 4.39 Å². The van der Waals surface area contributed by atoms with Crippen LogP contribution in [0.2, 0.25) is 0 Å². The maximum Gasteiger partial charge on any atom is 0.211 e. The molecule has 1 rings (SSSR count). The zero-order chi connectivity index (χ0) is 11.5. The maximum absolute atomic E-state index is 12.7. The summed E-state index contributed by atoms with van der Waals surface area (Å²) in [7, 11) is -3.70. The summed E-state index contributed by atoms with van der Waals surface area (Å²) in [5.74, 6) is -0.945. The molecule has 0 saturated heterocycles. The highest BCUT2D eigenvalue weighted by Gasteiger charge is 2.13. The minimum Gasteiger partial charge on any atom is -0.392 e. The smallest absolute Gasteiger partial charge is 0.211 e. The Labute approximate surface area is 87.6 Å². The van der Waals surface area contributed by atoms with Crippen molar-refractivity contribution >= 4 is 10.0 Å². The Morgan fingerprint density at radius 1 is 1.47 bits per heavy atom. The highest BCUT2D eigenvalue weighted by atomic mass is 32.2. The molecule has 0 aliphatic carbocycles. The normalized spacial score (nSPS) is 13.8. The maximum atomic E-state index is 12.7. The van der Waals surface area contributed by atoms with Crippen molar-refractivity contribution < 1.29 is 17.9 Å². The first kappa shape index (κ1) is 12.1. The van der Waals surface area contributed by atoms with Crippen LogP contribution in [0.25, 0.3) is 0 Å². The van der Waals surface area contributed by atoms with E-state index in [1.54, 1.807) is 6.07 Å². The molecule has 0 radical (unpaired) electrons. The molecule has 0 aliphatic rings. The van der Waals surface area contributed by atoms with E-state index in [1.807, 2.05) is 0 Å². The highest BCUT2D eigenvalue weighted by molar-refractivity contribution is 7.89. The molecule has 6 heteroatoms. The van der Waals surface area contributed by atoms with Gasteiger partial charge in [0.1, 0.15) is 5.82 Å². The van der Waals surface area contributed by atoms with E-state index < -0.39 is 27.7 Å². The first-order valence-corrected chi connectivity index (χ1v) is 6.01. The molecule has 0 spiro atoms. The predicted octanol–water partition coefficient (Wildman–Crippen LogP) is 0.0176. The van der Waals surface area contributed by atoms with Gasteiger partial charge in [-0.15, -0.1) is 0 Å². The van der Waals surface area contributed by atoms with Gasteiger partial charge in [0.25, 0.3) is 0 Å². The van der Waals surface area contributed by atoms with Crippen molar-refractivity contribution in [1.29, 1.82) is 0 Å². The summed E-state index contributed by atoms with van der Waals surface area (Å²) >= 11 is 0. The van der Waals surface area contributed by atoms with Gasteiger partial charge >= 0.3 is 0 Å². The number of rotatable bonds is 4. The van der Waals surface area contributed by atoms with Gasteiger partial charge in [-0.25, -0.2) is 17.9 Å². The SMILES string of the molecule is NS(=O)(=O)CC(O)Cc1cccc(F)c1. The molecule has 0 bridgehead atoms. The molecule has 0 amide bonds. The molecule has 1 aromatic rings.